The van der Waals surface area contributed by atoms with Crippen molar-refractivity contribution >= 4 is 21.9 Å². The second kappa shape index (κ2) is 6.07. The maximum atomic E-state index is 9.46. The molecule has 0 aliphatic carbocycles. The standard InChI is InChI=1S/C22H18N2O/c1-14(2)9-16-10-19-18-7-6-15(20-5-3-4-8-24-20)11-21(18)25-22(19)12-17(16)13-23/h3-8,10-12,14H,9H2,1-2H3. The van der Waals surface area contributed by atoms with Crippen LogP contribution in [0.1, 0.15) is 25.0 Å². The quantitative estimate of drug-likeness (QED) is 0.484. The van der Waals surface area contributed by atoms with Crippen molar-refractivity contribution in [2.75, 3.05) is 0 Å². The molecule has 0 atom stereocenters. The fourth-order valence-electron chi connectivity index (χ4n) is 3.27. The molecule has 0 saturated carbocycles. The van der Waals surface area contributed by atoms with Crippen LogP contribution in [0.4, 0.5) is 0 Å². The van der Waals surface area contributed by atoms with Crippen molar-refractivity contribution in [1.82, 2.24) is 4.98 Å². The molecular weight excluding hydrogens is 308 g/mol. The van der Waals surface area contributed by atoms with Gasteiger partial charge in [-0.05, 0) is 54.3 Å². The molecule has 25 heavy (non-hydrogen) atoms. The molecule has 3 heteroatoms. The Hall–Kier alpha value is -3.12. The average molecular weight is 326 g/mol. The molecule has 3 nitrogen and oxygen atoms in total. The molecule has 0 radical (unpaired) electrons. The van der Waals surface area contributed by atoms with Crippen molar-refractivity contribution in [3.05, 3.63) is 65.9 Å². The van der Waals surface area contributed by atoms with Crippen LogP contribution >= 0.6 is 0 Å². The van der Waals surface area contributed by atoms with Crippen LogP contribution in [0.5, 0.6) is 0 Å². The number of benzene rings is 2. The lowest BCUT2D eigenvalue weighted by Crippen LogP contribution is -1.97. The fraction of sp³-hybridized carbons (Fsp3) is 0.182. The Kier molecular flexibility index (Phi) is 3.74. The van der Waals surface area contributed by atoms with Crippen LogP contribution in [0.25, 0.3) is 33.2 Å². The average Bonchev–Trinajstić information content (AvgIpc) is 2.98. The molecule has 0 aliphatic heterocycles. The predicted molar refractivity (Wildman–Crippen MR) is 100 cm³/mol. The number of nitriles is 1. The summed E-state index contributed by atoms with van der Waals surface area (Å²) in [5.74, 6) is 0.499. The Bertz CT molecular complexity index is 1100. The largest absolute Gasteiger partial charge is 0.456 e. The Morgan fingerprint density at radius 3 is 2.60 bits per heavy atom. The molecule has 0 saturated heterocycles. The zero-order valence-corrected chi connectivity index (χ0v) is 14.3. The second-order valence-corrected chi connectivity index (χ2v) is 6.74. The van der Waals surface area contributed by atoms with E-state index in [1.165, 1.54) is 0 Å². The maximum Gasteiger partial charge on any atom is 0.136 e. The fourth-order valence-corrected chi connectivity index (χ4v) is 3.27. The van der Waals surface area contributed by atoms with E-state index in [1.807, 2.05) is 30.3 Å². The normalized spacial score (nSPS) is 11.3. The smallest absolute Gasteiger partial charge is 0.136 e. The van der Waals surface area contributed by atoms with E-state index in [9.17, 15) is 5.26 Å². The number of nitrogens with zero attached hydrogens (tertiary/aromatic N) is 2. The van der Waals surface area contributed by atoms with E-state index in [1.54, 1.807) is 6.20 Å². The molecule has 0 bridgehead atoms. The van der Waals surface area contributed by atoms with Gasteiger partial charge in [-0.3, -0.25) is 4.98 Å². The highest BCUT2D eigenvalue weighted by Gasteiger charge is 2.13. The molecule has 0 unspecified atom stereocenters. The van der Waals surface area contributed by atoms with Gasteiger partial charge >= 0.3 is 0 Å². The Morgan fingerprint density at radius 1 is 1.04 bits per heavy atom. The first-order valence-electron chi connectivity index (χ1n) is 8.46. The first kappa shape index (κ1) is 15.4. The summed E-state index contributed by atoms with van der Waals surface area (Å²) in [6.45, 7) is 4.33. The lowest BCUT2D eigenvalue weighted by Gasteiger charge is -2.07. The minimum absolute atomic E-state index is 0.499. The lowest BCUT2D eigenvalue weighted by molar-refractivity contribution is 0.645. The van der Waals surface area contributed by atoms with Crippen molar-refractivity contribution in [1.29, 1.82) is 5.26 Å². The summed E-state index contributed by atoms with van der Waals surface area (Å²) in [5.41, 5.74) is 5.31. The van der Waals surface area contributed by atoms with Gasteiger partial charge in [-0.15, -0.1) is 0 Å². The third kappa shape index (κ3) is 2.77. The predicted octanol–water partition coefficient (Wildman–Crippen LogP) is 5.72. The second-order valence-electron chi connectivity index (χ2n) is 6.74. The van der Waals surface area contributed by atoms with Gasteiger partial charge in [-0.25, -0.2) is 0 Å². The van der Waals surface area contributed by atoms with E-state index in [0.717, 1.165) is 45.2 Å². The zero-order chi connectivity index (χ0) is 17.4. The van der Waals surface area contributed by atoms with E-state index in [-0.39, 0.29) is 0 Å². The van der Waals surface area contributed by atoms with Gasteiger partial charge in [-0.2, -0.15) is 5.26 Å². The van der Waals surface area contributed by atoms with E-state index in [4.69, 9.17) is 4.42 Å². The van der Waals surface area contributed by atoms with E-state index in [0.29, 0.717) is 11.5 Å². The SMILES string of the molecule is CC(C)Cc1cc2c(cc1C#N)oc1cc(-c3ccccn3)ccc12. The van der Waals surface area contributed by atoms with E-state index in [2.05, 4.69) is 43.1 Å². The summed E-state index contributed by atoms with van der Waals surface area (Å²) in [6.07, 6.45) is 2.67. The van der Waals surface area contributed by atoms with Gasteiger partial charge in [0, 0.05) is 22.5 Å². The molecule has 0 fully saturated rings. The molecule has 122 valence electrons. The van der Waals surface area contributed by atoms with Crippen LogP contribution in [0.3, 0.4) is 0 Å². The number of rotatable bonds is 3. The van der Waals surface area contributed by atoms with Crippen LogP contribution < -0.4 is 0 Å². The summed E-state index contributed by atoms with van der Waals surface area (Å²) >= 11 is 0. The summed E-state index contributed by atoms with van der Waals surface area (Å²) in [4.78, 5) is 4.40. The van der Waals surface area contributed by atoms with Crippen molar-refractivity contribution in [3.8, 4) is 17.3 Å². The number of hydrogen-bond acceptors (Lipinski definition) is 3. The van der Waals surface area contributed by atoms with Crippen molar-refractivity contribution < 1.29 is 4.42 Å². The topological polar surface area (TPSA) is 49.8 Å². The molecule has 4 aromatic rings. The Balaban J connectivity index is 1.91. The Morgan fingerprint density at radius 2 is 1.88 bits per heavy atom. The molecule has 2 aromatic heterocycles. The van der Waals surface area contributed by atoms with Gasteiger partial charge in [-0.1, -0.05) is 26.0 Å². The third-order valence-electron chi connectivity index (χ3n) is 4.41. The van der Waals surface area contributed by atoms with E-state index < -0.39 is 0 Å². The van der Waals surface area contributed by atoms with Gasteiger partial charge in [0.05, 0.1) is 17.3 Å². The summed E-state index contributed by atoms with van der Waals surface area (Å²) < 4.78 is 6.04. The molecule has 4 rings (SSSR count). The van der Waals surface area contributed by atoms with Crippen LogP contribution in [0.2, 0.25) is 0 Å². The number of aromatic nitrogens is 1. The number of furan rings is 1. The molecule has 0 N–H and O–H groups in total. The summed E-state index contributed by atoms with van der Waals surface area (Å²) in [5, 5.41) is 11.6. The molecule has 2 heterocycles. The van der Waals surface area contributed by atoms with Gasteiger partial charge in [0.2, 0.25) is 0 Å². The van der Waals surface area contributed by atoms with Crippen LogP contribution in [-0.2, 0) is 6.42 Å². The molecule has 0 amide bonds. The van der Waals surface area contributed by atoms with Gasteiger partial charge < -0.3 is 4.42 Å². The number of pyridine rings is 1. The van der Waals surface area contributed by atoms with Crippen molar-refractivity contribution in [2.45, 2.75) is 20.3 Å². The van der Waals surface area contributed by atoms with E-state index >= 15 is 0 Å². The van der Waals surface area contributed by atoms with Crippen LogP contribution in [0, 0.1) is 17.2 Å². The minimum atomic E-state index is 0.499. The minimum Gasteiger partial charge on any atom is -0.456 e. The Labute approximate surface area is 146 Å². The van der Waals surface area contributed by atoms with Crippen molar-refractivity contribution in [2.24, 2.45) is 5.92 Å². The monoisotopic (exact) mass is 326 g/mol. The van der Waals surface area contributed by atoms with Crippen LogP contribution in [-0.4, -0.2) is 4.98 Å². The first-order valence-corrected chi connectivity index (χ1v) is 8.46. The van der Waals surface area contributed by atoms with Crippen LogP contribution in [0.15, 0.2) is 59.1 Å². The zero-order valence-electron chi connectivity index (χ0n) is 14.3. The summed E-state index contributed by atoms with van der Waals surface area (Å²) in [7, 11) is 0. The third-order valence-corrected chi connectivity index (χ3v) is 4.41. The maximum absolute atomic E-state index is 9.46. The number of hydrogen-bond donors (Lipinski definition) is 0. The molecule has 0 spiro atoms. The first-order chi connectivity index (χ1) is 12.2. The van der Waals surface area contributed by atoms with Gasteiger partial charge in [0.1, 0.15) is 11.2 Å². The molecule has 2 aromatic carbocycles. The lowest BCUT2D eigenvalue weighted by atomic mass is 9.96. The summed E-state index contributed by atoms with van der Waals surface area (Å²) in [6, 6.07) is 18.3. The van der Waals surface area contributed by atoms with Gasteiger partial charge in [0.15, 0.2) is 0 Å². The number of fused-ring (bicyclic) bond motifs is 3. The highest BCUT2D eigenvalue weighted by atomic mass is 16.3. The highest BCUT2D eigenvalue weighted by Crippen LogP contribution is 2.33. The van der Waals surface area contributed by atoms with Crippen molar-refractivity contribution in [3.63, 3.8) is 0 Å². The molecular formula is C22H18N2O. The van der Waals surface area contributed by atoms with Gasteiger partial charge in [0.25, 0.3) is 0 Å². The highest BCUT2D eigenvalue weighted by molar-refractivity contribution is 6.06. The molecule has 0 aliphatic rings.